The Bertz CT molecular complexity index is 454. The Morgan fingerprint density at radius 1 is 1.56 bits per heavy atom. The molecule has 1 atom stereocenters. The molecule has 1 aliphatic rings. The molecule has 0 fully saturated rings. The van der Waals surface area contributed by atoms with Crippen molar-refractivity contribution in [2.24, 2.45) is 0 Å². The quantitative estimate of drug-likeness (QED) is 0.800. The minimum Gasteiger partial charge on any atom is -0.462 e. The lowest BCUT2D eigenvalue weighted by Crippen LogP contribution is -3.14. The highest BCUT2D eigenvalue weighted by molar-refractivity contribution is 7.16. The molecular weight excluding hydrogens is 248 g/mol. The van der Waals surface area contributed by atoms with Gasteiger partial charge in [-0.05, 0) is 26.3 Å². The first-order chi connectivity index (χ1) is 8.54. The van der Waals surface area contributed by atoms with Crippen LogP contribution in [-0.2, 0) is 17.7 Å². The van der Waals surface area contributed by atoms with Crippen molar-refractivity contribution in [1.82, 2.24) is 0 Å². The van der Waals surface area contributed by atoms with Gasteiger partial charge in [-0.2, -0.15) is 0 Å². The van der Waals surface area contributed by atoms with Crippen LogP contribution in [0.4, 0.5) is 5.00 Å². The zero-order valence-electron chi connectivity index (χ0n) is 11.2. The maximum absolute atomic E-state index is 11.9. The number of nitrogens with two attached hydrogens (primary N) is 1. The van der Waals surface area contributed by atoms with Gasteiger partial charge in [0.1, 0.15) is 11.5 Å². The molecule has 0 bridgehead atoms. The number of hydrogen-bond donors (Lipinski definition) is 2. The number of nitrogen functional groups attached to an aromatic ring is 1. The predicted molar refractivity (Wildman–Crippen MR) is 73.1 cm³/mol. The van der Waals surface area contributed by atoms with E-state index in [9.17, 15) is 4.79 Å². The summed E-state index contributed by atoms with van der Waals surface area (Å²) in [6.07, 6.45) is 0.921. The van der Waals surface area contributed by atoms with Gasteiger partial charge >= 0.3 is 5.97 Å². The number of quaternary nitrogens is 1. The van der Waals surface area contributed by atoms with Gasteiger partial charge < -0.3 is 15.4 Å². The molecule has 3 N–H and O–H groups in total. The van der Waals surface area contributed by atoms with E-state index in [-0.39, 0.29) is 5.97 Å². The number of nitrogens with one attached hydrogen (secondary N) is 1. The molecule has 0 spiro atoms. The summed E-state index contributed by atoms with van der Waals surface area (Å²) in [7, 11) is 0. The average Bonchev–Trinajstić information content (AvgIpc) is 2.63. The van der Waals surface area contributed by atoms with E-state index in [1.165, 1.54) is 4.88 Å². The lowest BCUT2D eigenvalue weighted by molar-refractivity contribution is -0.936. The molecule has 100 valence electrons. The number of ether oxygens (including phenoxy) is 1. The molecule has 0 aliphatic carbocycles. The summed E-state index contributed by atoms with van der Waals surface area (Å²) in [6.45, 7) is 8.70. The van der Waals surface area contributed by atoms with Gasteiger partial charge in [0.05, 0.1) is 29.6 Å². The fraction of sp³-hybridized carbons (Fsp3) is 0.615. The van der Waals surface area contributed by atoms with Crippen LogP contribution in [0.3, 0.4) is 0 Å². The minimum absolute atomic E-state index is 0.263. The molecule has 0 saturated carbocycles. The van der Waals surface area contributed by atoms with E-state index in [0.717, 1.165) is 25.1 Å². The third-order valence-corrected chi connectivity index (χ3v) is 4.56. The van der Waals surface area contributed by atoms with E-state index < -0.39 is 0 Å². The molecule has 1 aromatic rings. The molecule has 2 heterocycles. The maximum atomic E-state index is 11.9. The van der Waals surface area contributed by atoms with Crippen molar-refractivity contribution in [2.75, 3.05) is 18.9 Å². The fourth-order valence-electron chi connectivity index (χ4n) is 2.44. The summed E-state index contributed by atoms with van der Waals surface area (Å²) in [5.41, 5.74) is 7.73. The number of anilines is 1. The van der Waals surface area contributed by atoms with Gasteiger partial charge in [0, 0.05) is 6.42 Å². The van der Waals surface area contributed by atoms with Crippen LogP contribution in [0.2, 0.25) is 0 Å². The first-order valence-electron chi connectivity index (χ1n) is 6.46. The highest BCUT2D eigenvalue weighted by atomic mass is 32.1. The number of rotatable bonds is 3. The predicted octanol–water partition coefficient (Wildman–Crippen LogP) is 0.856. The van der Waals surface area contributed by atoms with Crippen molar-refractivity contribution in [1.29, 1.82) is 0 Å². The fourth-order valence-corrected chi connectivity index (χ4v) is 3.60. The zero-order valence-corrected chi connectivity index (χ0v) is 12.0. The summed E-state index contributed by atoms with van der Waals surface area (Å²) >= 11 is 1.55. The van der Waals surface area contributed by atoms with Crippen molar-refractivity contribution >= 4 is 22.3 Å². The van der Waals surface area contributed by atoms with Crippen LogP contribution >= 0.6 is 11.3 Å². The number of carbonyl (C=O) groups excluding carboxylic acids is 1. The average molecular weight is 269 g/mol. The number of hydrogen-bond acceptors (Lipinski definition) is 4. The Balaban J connectivity index is 2.29. The monoisotopic (exact) mass is 269 g/mol. The second kappa shape index (κ2) is 5.28. The molecule has 1 aromatic heterocycles. The third-order valence-electron chi connectivity index (χ3n) is 3.50. The molecular formula is C13H21N2O2S+. The van der Waals surface area contributed by atoms with Gasteiger partial charge in [-0.15, -0.1) is 11.3 Å². The molecule has 1 aliphatic heterocycles. The lowest BCUT2D eigenvalue weighted by Gasteiger charge is -2.27. The molecule has 0 radical (unpaired) electrons. The standard InChI is InChI=1S/C13H20N2O2S/c1-4-17-13(16)11-9-5-6-15(8(2)3)7-10(9)18-12(11)14/h8H,4-7,14H2,1-3H3/p+1. The first-order valence-corrected chi connectivity index (χ1v) is 7.28. The minimum atomic E-state index is -0.263. The van der Waals surface area contributed by atoms with Crippen molar-refractivity contribution < 1.29 is 14.4 Å². The van der Waals surface area contributed by atoms with E-state index in [1.54, 1.807) is 16.2 Å². The van der Waals surface area contributed by atoms with Crippen molar-refractivity contribution in [3.05, 3.63) is 16.0 Å². The van der Waals surface area contributed by atoms with Crippen molar-refractivity contribution in [3.63, 3.8) is 0 Å². The summed E-state index contributed by atoms with van der Waals surface area (Å²) < 4.78 is 5.09. The molecule has 0 aromatic carbocycles. The topological polar surface area (TPSA) is 56.8 Å². The lowest BCUT2D eigenvalue weighted by atomic mass is 10.0. The molecule has 0 saturated heterocycles. The Morgan fingerprint density at radius 3 is 2.89 bits per heavy atom. The van der Waals surface area contributed by atoms with Crippen molar-refractivity contribution in [3.8, 4) is 0 Å². The molecule has 4 nitrogen and oxygen atoms in total. The third kappa shape index (κ3) is 2.37. The number of esters is 1. The number of carbonyl (C=O) groups is 1. The van der Waals surface area contributed by atoms with Crippen LogP contribution in [0, 0.1) is 0 Å². The van der Waals surface area contributed by atoms with Crippen LogP contribution in [0.1, 0.15) is 41.6 Å². The summed E-state index contributed by atoms with van der Waals surface area (Å²) in [4.78, 5) is 14.7. The second-order valence-corrected chi connectivity index (χ2v) is 6.09. The van der Waals surface area contributed by atoms with Crippen molar-refractivity contribution in [2.45, 2.75) is 39.8 Å². The Labute approximate surface area is 112 Å². The van der Waals surface area contributed by atoms with Crippen LogP contribution < -0.4 is 10.6 Å². The van der Waals surface area contributed by atoms with E-state index in [4.69, 9.17) is 10.5 Å². The number of thiophene rings is 1. The zero-order chi connectivity index (χ0) is 13.3. The normalized spacial score (nSPS) is 18.8. The van der Waals surface area contributed by atoms with Gasteiger partial charge in [0.15, 0.2) is 0 Å². The molecule has 18 heavy (non-hydrogen) atoms. The highest BCUT2D eigenvalue weighted by Crippen LogP contribution is 2.32. The van der Waals surface area contributed by atoms with E-state index in [0.29, 0.717) is 23.2 Å². The summed E-state index contributed by atoms with van der Waals surface area (Å²) in [5, 5.41) is 0.614. The van der Waals surface area contributed by atoms with Gasteiger partial charge in [0.25, 0.3) is 0 Å². The summed E-state index contributed by atoms with van der Waals surface area (Å²) in [6, 6.07) is 0.604. The second-order valence-electron chi connectivity index (χ2n) is 4.95. The Morgan fingerprint density at radius 2 is 2.28 bits per heavy atom. The van der Waals surface area contributed by atoms with Crippen LogP contribution in [0.25, 0.3) is 0 Å². The first kappa shape index (κ1) is 13.4. The van der Waals surface area contributed by atoms with Gasteiger partial charge in [-0.3, -0.25) is 0 Å². The van der Waals surface area contributed by atoms with Crippen LogP contribution in [-0.4, -0.2) is 25.2 Å². The van der Waals surface area contributed by atoms with Gasteiger partial charge in [-0.1, -0.05) is 0 Å². The largest absolute Gasteiger partial charge is 0.462 e. The maximum Gasteiger partial charge on any atom is 0.341 e. The van der Waals surface area contributed by atoms with Crippen LogP contribution in [0.15, 0.2) is 0 Å². The number of fused-ring (bicyclic) bond motifs is 1. The smallest absolute Gasteiger partial charge is 0.341 e. The summed E-state index contributed by atoms with van der Waals surface area (Å²) in [5.74, 6) is -0.263. The molecule has 0 amide bonds. The SMILES string of the molecule is CCOC(=O)c1c(N)sc2c1CC[NH+](C(C)C)C2. The van der Waals surface area contributed by atoms with Gasteiger partial charge in [-0.25, -0.2) is 4.79 Å². The molecule has 1 unspecified atom stereocenters. The van der Waals surface area contributed by atoms with E-state index in [1.807, 2.05) is 6.92 Å². The molecule has 2 rings (SSSR count). The highest BCUT2D eigenvalue weighted by Gasteiger charge is 2.30. The van der Waals surface area contributed by atoms with Gasteiger partial charge in [0.2, 0.25) is 0 Å². The Kier molecular flexibility index (Phi) is 3.92. The van der Waals surface area contributed by atoms with Crippen LogP contribution in [0.5, 0.6) is 0 Å². The molecule has 5 heteroatoms. The van der Waals surface area contributed by atoms with E-state index in [2.05, 4.69) is 13.8 Å². The van der Waals surface area contributed by atoms with E-state index >= 15 is 0 Å². The Hall–Kier alpha value is -1.07.